The van der Waals surface area contributed by atoms with Gasteiger partial charge in [0.05, 0.1) is 26.0 Å². The number of nitrogens with one attached hydrogen (secondary N) is 1. The van der Waals surface area contributed by atoms with Gasteiger partial charge >= 0.3 is 0 Å². The standard InChI is InChI=1S/C21H21FN4O3/c1-28-19-6-5-15(12-17(19)22)23-20-13-18(14-3-2-4-16(27)11-14)24-21(25-20)26-7-9-29-10-8-26/h2-6,11-13,27H,7-10H2,1H3,(H,23,24,25). The van der Waals surface area contributed by atoms with Crippen molar-refractivity contribution in [1.29, 1.82) is 0 Å². The van der Waals surface area contributed by atoms with Crippen LogP contribution in [0.2, 0.25) is 0 Å². The van der Waals surface area contributed by atoms with E-state index >= 15 is 0 Å². The van der Waals surface area contributed by atoms with Gasteiger partial charge in [-0.05, 0) is 24.3 Å². The van der Waals surface area contributed by atoms with Crippen LogP contribution in [0, 0.1) is 5.82 Å². The van der Waals surface area contributed by atoms with Crippen molar-refractivity contribution in [3.8, 4) is 22.8 Å². The van der Waals surface area contributed by atoms with E-state index in [0.717, 1.165) is 5.56 Å². The van der Waals surface area contributed by atoms with E-state index in [-0.39, 0.29) is 11.5 Å². The Labute approximate surface area is 167 Å². The number of halogens is 1. The average Bonchev–Trinajstić information content (AvgIpc) is 2.74. The number of nitrogens with zero attached hydrogens (tertiary/aromatic N) is 3. The number of hydrogen-bond acceptors (Lipinski definition) is 7. The van der Waals surface area contributed by atoms with Gasteiger partial charge in [-0.3, -0.25) is 0 Å². The molecule has 1 aromatic heterocycles. The fraction of sp³-hybridized carbons (Fsp3) is 0.238. The maximum Gasteiger partial charge on any atom is 0.228 e. The molecule has 0 unspecified atom stereocenters. The summed E-state index contributed by atoms with van der Waals surface area (Å²) in [4.78, 5) is 11.3. The molecule has 8 heteroatoms. The minimum atomic E-state index is -0.465. The summed E-state index contributed by atoms with van der Waals surface area (Å²) in [5.41, 5.74) is 1.94. The number of hydrogen-bond donors (Lipinski definition) is 2. The highest BCUT2D eigenvalue weighted by atomic mass is 19.1. The number of aromatic nitrogens is 2. The van der Waals surface area contributed by atoms with Gasteiger partial charge in [-0.2, -0.15) is 4.98 Å². The summed E-state index contributed by atoms with van der Waals surface area (Å²) >= 11 is 0. The molecular formula is C21H21FN4O3. The van der Waals surface area contributed by atoms with Gasteiger partial charge in [-0.1, -0.05) is 12.1 Å². The molecule has 1 aliphatic rings. The molecule has 2 N–H and O–H groups in total. The van der Waals surface area contributed by atoms with Crippen LogP contribution in [-0.2, 0) is 4.74 Å². The van der Waals surface area contributed by atoms with E-state index in [9.17, 15) is 9.50 Å². The van der Waals surface area contributed by atoms with Crippen LogP contribution in [0.3, 0.4) is 0 Å². The summed E-state index contributed by atoms with van der Waals surface area (Å²) < 4.78 is 24.4. The van der Waals surface area contributed by atoms with Gasteiger partial charge in [0.25, 0.3) is 0 Å². The van der Waals surface area contributed by atoms with Crippen LogP contribution in [0.25, 0.3) is 11.3 Å². The van der Waals surface area contributed by atoms with Crippen molar-refractivity contribution < 1.29 is 19.0 Å². The molecule has 1 saturated heterocycles. The first-order valence-electron chi connectivity index (χ1n) is 9.24. The second-order valence-corrected chi connectivity index (χ2v) is 6.56. The fourth-order valence-electron chi connectivity index (χ4n) is 3.11. The Morgan fingerprint density at radius 3 is 2.66 bits per heavy atom. The molecule has 2 heterocycles. The summed E-state index contributed by atoms with van der Waals surface area (Å²) in [6, 6.07) is 13.2. The number of phenolic OH excluding ortho intramolecular Hbond substituents is 1. The van der Waals surface area contributed by atoms with E-state index in [1.54, 1.807) is 36.4 Å². The smallest absolute Gasteiger partial charge is 0.228 e. The monoisotopic (exact) mass is 396 g/mol. The maximum atomic E-state index is 14.1. The number of morpholine rings is 1. The first kappa shape index (κ1) is 18.9. The fourth-order valence-corrected chi connectivity index (χ4v) is 3.11. The van der Waals surface area contributed by atoms with E-state index in [2.05, 4.69) is 15.3 Å². The zero-order chi connectivity index (χ0) is 20.2. The minimum Gasteiger partial charge on any atom is -0.508 e. The highest BCUT2D eigenvalue weighted by Crippen LogP contribution is 2.28. The third kappa shape index (κ3) is 4.38. The molecule has 2 aromatic carbocycles. The third-order valence-electron chi connectivity index (χ3n) is 4.57. The zero-order valence-corrected chi connectivity index (χ0v) is 15.9. The van der Waals surface area contributed by atoms with Crippen molar-refractivity contribution in [2.45, 2.75) is 0 Å². The molecule has 1 fully saturated rings. The van der Waals surface area contributed by atoms with Crippen LogP contribution in [0.1, 0.15) is 0 Å². The highest BCUT2D eigenvalue weighted by molar-refractivity contribution is 5.68. The molecule has 1 aliphatic heterocycles. The molecule has 0 atom stereocenters. The van der Waals surface area contributed by atoms with Gasteiger partial charge in [-0.25, -0.2) is 9.37 Å². The summed E-state index contributed by atoms with van der Waals surface area (Å²) in [7, 11) is 1.42. The van der Waals surface area contributed by atoms with Gasteiger partial charge < -0.3 is 24.8 Å². The molecule has 150 valence electrons. The number of aromatic hydroxyl groups is 1. The molecule has 0 aliphatic carbocycles. The molecular weight excluding hydrogens is 375 g/mol. The minimum absolute atomic E-state index is 0.153. The lowest BCUT2D eigenvalue weighted by molar-refractivity contribution is 0.122. The Morgan fingerprint density at radius 1 is 1.10 bits per heavy atom. The highest BCUT2D eigenvalue weighted by Gasteiger charge is 2.17. The predicted molar refractivity (Wildman–Crippen MR) is 108 cm³/mol. The Bertz CT molecular complexity index is 1010. The van der Waals surface area contributed by atoms with E-state index in [4.69, 9.17) is 9.47 Å². The number of phenols is 1. The van der Waals surface area contributed by atoms with E-state index in [0.29, 0.717) is 49.5 Å². The third-order valence-corrected chi connectivity index (χ3v) is 4.57. The molecule has 4 rings (SSSR count). The Kier molecular flexibility index (Phi) is 5.44. The van der Waals surface area contributed by atoms with Crippen molar-refractivity contribution in [3.63, 3.8) is 0 Å². The molecule has 0 bridgehead atoms. The molecule has 0 radical (unpaired) electrons. The molecule has 3 aromatic rings. The van der Waals surface area contributed by atoms with Gasteiger partial charge in [0.1, 0.15) is 11.6 Å². The normalized spacial score (nSPS) is 13.9. The summed E-state index contributed by atoms with van der Waals surface area (Å²) in [5, 5.41) is 13.0. The van der Waals surface area contributed by atoms with Gasteiger partial charge in [-0.15, -0.1) is 0 Å². The number of anilines is 3. The lowest BCUT2D eigenvalue weighted by atomic mass is 10.1. The lowest BCUT2D eigenvalue weighted by Gasteiger charge is -2.27. The van der Waals surface area contributed by atoms with E-state index < -0.39 is 5.82 Å². The van der Waals surface area contributed by atoms with E-state index in [1.807, 2.05) is 11.0 Å². The van der Waals surface area contributed by atoms with Crippen LogP contribution in [0.15, 0.2) is 48.5 Å². The molecule has 0 amide bonds. The van der Waals surface area contributed by atoms with Gasteiger partial charge in [0, 0.05) is 36.5 Å². The van der Waals surface area contributed by atoms with Crippen LogP contribution in [0.5, 0.6) is 11.5 Å². The Morgan fingerprint density at radius 2 is 1.93 bits per heavy atom. The van der Waals surface area contributed by atoms with Crippen molar-refractivity contribution in [3.05, 3.63) is 54.3 Å². The number of benzene rings is 2. The Hall–Kier alpha value is -3.39. The first-order valence-corrected chi connectivity index (χ1v) is 9.24. The first-order chi connectivity index (χ1) is 14.1. The largest absolute Gasteiger partial charge is 0.508 e. The average molecular weight is 396 g/mol. The number of rotatable bonds is 5. The van der Waals surface area contributed by atoms with Gasteiger partial charge in [0.2, 0.25) is 5.95 Å². The second kappa shape index (κ2) is 8.32. The SMILES string of the molecule is COc1ccc(Nc2cc(-c3cccc(O)c3)nc(N3CCOCC3)n2)cc1F. The van der Waals surface area contributed by atoms with Crippen LogP contribution < -0.4 is 15.0 Å². The number of methoxy groups -OCH3 is 1. The maximum absolute atomic E-state index is 14.1. The van der Waals surface area contributed by atoms with Crippen molar-refractivity contribution in [2.24, 2.45) is 0 Å². The molecule has 0 spiro atoms. The van der Waals surface area contributed by atoms with Crippen molar-refractivity contribution >= 4 is 17.5 Å². The summed E-state index contributed by atoms with van der Waals surface area (Å²) in [5.74, 6) is 0.927. The van der Waals surface area contributed by atoms with Crippen LogP contribution in [-0.4, -0.2) is 48.5 Å². The predicted octanol–water partition coefficient (Wildman–Crippen LogP) is 3.58. The molecule has 29 heavy (non-hydrogen) atoms. The van der Waals surface area contributed by atoms with Crippen molar-refractivity contribution in [2.75, 3.05) is 43.6 Å². The molecule has 0 saturated carbocycles. The Balaban J connectivity index is 1.71. The summed E-state index contributed by atoms with van der Waals surface area (Å²) in [6.07, 6.45) is 0. The van der Waals surface area contributed by atoms with Crippen LogP contribution in [0.4, 0.5) is 21.8 Å². The van der Waals surface area contributed by atoms with Gasteiger partial charge in [0.15, 0.2) is 11.6 Å². The lowest BCUT2D eigenvalue weighted by Crippen LogP contribution is -2.37. The van der Waals surface area contributed by atoms with E-state index in [1.165, 1.54) is 13.2 Å². The molecule has 7 nitrogen and oxygen atoms in total. The second-order valence-electron chi connectivity index (χ2n) is 6.56. The number of ether oxygens (including phenoxy) is 2. The summed E-state index contributed by atoms with van der Waals surface area (Å²) in [6.45, 7) is 2.57. The topological polar surface area (TPSA) is 79.7 Å². The zero-order valence-electron chi connectivity index (χ0n) is 15.9. The quantitative estimate of drug-likeness (QED) is 0.682. The van der Waals surface area contributed by atoms with Crippen LogP contribution >= 0.6 is 0 Å². The van der Waals surface area contributed by atoms with Crippen molar-refractivity contribution in [1.82, 2.24) is 9.97 Å².